The third-order valence-electron chi connectivity index (χ3n) is 6.33. The van der Waals surface area contributed by atoms with Crippen molar-refractivity contribution in [2.45, 2.75) is 57.0 Å². The van der Waals surface area contributed by atoms with E-state index in [0.29, 0.717) is 29.3 Å². The molecule has 2 aromatic rings. The summed E-state index contributed by atoms with van der Waals surface area (Å²) in [5, 5.41) is 8.95. The zero-order chi connectivity index (χ0) is 20.5. The molecular weight excluding hydrogens is 378 g/mol. The zero-order valence-corrected chi connectivity index (χ0v) is 16.7. The van der Waals surface area contributed by atoms with Crippen LogP contribution in [0.15, 0.2) is 38.8 Å². The predicted molar refractivity (Wildman–Crippen MR) is 115 cm³/mol. The van der Waals surface area contributed by atoms with Gasteiger partial charge in [0.25, 0.3) is 0 Å². The van der Waals surface area contributed by atoms with Crippen molar-refractivity contribution in [2.75, 3.05) is 0 Å². The Morgan fingerprint density at radius 1 is 1.20 bits per heavy atom. The van der Waals surface area contributed by atoms with E-state index in [4.69, 9.17) is 10.2 Å². The van der Waals surface area contributed by atoms with Crippen LogP contribution in [-0.4, -0.2) is 38.0 Å². The third-order valence-corrected chi connectivity index (χ3v) is 6.33. The van der Waals surface area contributed by atoms with Gasteiger partial charge >= 0.3 is 5.69 Å². The molecule has 4 heterocycles. The van der Waals surface area contributed by atoms with E-state index in [9.17, 15) is 4.79 Å². The summed E-state index contributed by atoms with van der Waals surface area (Å²) >= 11 is 0. The number of aliphatic imine (C=N–C) groups is 2. The van der Waals surface area contributed by atoms with Gasteiger partial charge in [0.05, 0.1) is 18.3 Å². The van der Waals surface area contributed by atoms with Crippen LogP contribution < -0.4 is 5.69 Å². The van der Waals surface area contributed by atoms with Gasteiger partial charge in [-0.1, -0.05) is 0 Å². The van der Waals surface area contributed by atoms with E-state index in [1.54, 1.807) is 17.0 Å². The van der Waals surface area contributed by atoms with Crippen LogP contribution in [0.25, 0.3) is 16.7 Å². The van der Waals surface area contributed by atoms with Crippen LogP contribution in [0.5, 0.6) is 0 Å². The van der Waals surface area contributed by atoms with Crippen LogP contribution >= 0.6 is 0 Å². The topological polar surface area (TPSA) is 112 Å². The number of nitrogens with zero attached hydrogens (tertiary/aromatic N) is 6. The highest BCUT2D eigenvalue weighted by atomic mass is 16.1. The van der Waals surface area contributed by atoms with E-state index in [0.717, 1.165) is 49.7 Å². The van der Waals surface area contributed by atoms with E-state index in [1.807, 2.05) is 18.5 Å². The maximum Gasteiger partial charge on any atom is 0.327 e. The molecule has 0 spiro atoms. The van der Waals surface area contributed by atoms with E-state index >= 15 is 0 Å². The van der Waals surface area contributed by atoms with Gasteiger partial charge in [0.2, 0.25) is 0 Å². The molecule has 5 rings (SSSR count). The Morgan fingerprint density at radius 3 is 2.90 bits per heavy atom. The van der Waals surface area contributed by atoms with E-state index in [-0.39, 0.29) is 17.8 Å². The number of H-pyrrole nitrogens is 1. The summed E-state index contributed by atoms with van der Waals surface area (Å²) in [6, 6.07) is 2.48. The molecule has 1 fully saturated rings. The Balaban J connectivity index is 1.54. The highest BCUT2D eigenvalue weighted by Crippen LogP contribution is 2.34. The van der Waals surface area contributed by atoms with Crippen molar-refractivity contribution in [1.82, 2.24) is 19.5 Å². The quantitative estimate of drug-likeness (QED) is 0.850. The summed E-state index contributed by atoms with van der Waals surface area (Å²) in [6.07, 6.45) is 15.3. The molecule has 1 N–H and O–H groups in total. The number of hydrogen-bond acceptors (Lipinski definition) is 6. The number of nitrogens with one attached hydrogen (secondary N) is 1. The fourth-order valence-electron chi connectivity index (χ4n) is 4.65. The molecule has 8 heteroatoms. The molecule has 1 unspecified atom stereocenters. The molecule has 1 atom stereocenters. The van der Waals surface area contributed by atoms with Crippen LogP contribution in [-0.2, 0) is 0 Å². The molecule has 152 valence electrons. The first-order valence-electron chi connectivity index (χ1n) is 10.5. The molecule has 0 amide bonds. The molecule has 1 aliphatic carbocycles. The second kappa shape index (κ2) is 7.82. The second-order valence-corrected chi connectivity index (χ2v) is 8.21. The molecule has 0 saturated heterocycles. The molecule has 2 aromatic heterocycles. The van der Waals surface area contributed by atoms with Gasteiger partial charge in [-0.2, -0.15) is 5.26 Å². The summed E-state index contributed by atoms with van der Waals surface area (Å²) in [6.45, 7) is 0. The molecule has 0 aromatic carbocycles. The maximum absolute atomic E-state index is 12.7. The van der Waals surface area contributed by atoms with Gasteiger partial charge < -0.3 is 4.98 Å². The molecule has 2 aliphatic heterocycles. The predicted octanol–water partition coefficient (Wildman–Crippen LogP) is 3.35. The van der Waals surface area contributed by atoms with Crippen LogP contribution in [0.3, 0.4) is 0 Å². The summed E-state index contributed by atoms with van der Waals surface area (Å²) in [5.41, 5.74) is 3.07. The number of fused-ring (bicyclic) bond motifs is 4. The van der Waals surface area contributed by atoms with Gasteiger partial charge in [-0.3, -0.25) is 14.6 Å². The lowest BCUT2D eigenvalue weighted by Crippen LogP contribution is -2.26. The normalized spacial score (nSPS) is 25.9. The molecule has 8 nitrogen and oxygen atoms in total. The number of nitriles is 1. The standard InChI is InChI=1S/C22H23N7O/c23-9-7-14-1-5-17(6-2-14)29-21-19(27-22(29)30)13-26-20(28-21)18-12-25-16-4-3-15(18)11-24-10-8-16/h8,10-14,16-17H,1-7H2,(H,27,30). The minimum Gasteiger partial charge on any atom is -0.303 e. The van der Waals surface area contributed by atoms with Crippen molar-refractivity contribution in [2.24, 2.45) is 15.9 Å². The van der Waals surface area contributed by atoms with Crippen LogP contribution in [0.2, 0.25) is 0 Å². The van der Waals surface area contributed by atoms with Gasteiger partial charge in [0.1, 0.15) is 5.52 Å². The fourth-order valence-corrected chi connectivity index (χ4v) is 4.65. The Kier molecular flexibility index (Phi) is 4.87. The van der Waals surface area contributed by atoms with Crippen molar-refractivity contribution < 1.29 is 0 Å². The first kappa shape index (κ1) is 18.7. The zero-order valence-electron chi connectivity index (χ0n) is 16.7. The van der Waals surface area contributed by atoms with Crippen LogP contribution in [0, 0.1) is 17.2 Å². The summed E-state index contributed by atoms with van der Waals surface area (Å²) in [7, 11) is 0. The van der Waals surface area contributed by atoms with E-state index in [2.05, 4.69) is 26.0 Å². The average Bonchev–Trinajstić information content (AvgIpc) is 2.98. The Bertz CT molecular complexity index is 1180. The van der Waals surface area contributed by atoms with Crippen molar-refractivity contribution >= 4 is 29.2 Å². The van der Waals surface area contributed by atoms with Crippen molar-refractivity contribution in [3.63, 3.8) is 0 Å². The van der Waals surface area contributed by atoms with E-state index in [1.165, 1.54) is 0 Å². The van der Waals surface area contributed by atoms with E-state index < -0.39 is 0 Å². The van der Waals surface area contributed by atoms with Gasteiger partial charge in [-0.15, -0.1) is 0 Å². The van der Waals surface area contributed by atoms with Gasteiger partial charge in [0.15, 0.2) is 11.5 Å². The average molecular weight is 401 g/mol. The smallest absolute Gasteiger partial charge is 0.303 e. The summed E-state index contributed by atoms with van der Waals surface area (Å²) in [5.74, 6) is 1.00. The highest BCUT2D eigenvalue weighted by Gasteiger charge is 2.26. The largest absolute Gasteiger partial charge is 0.327 e. The number of aromatic nitrogens is 4. The lowest BCUT2D eigenvalue weighted by atomic mass is 9.84. The van der Waals surface area contributed by atoms with Crippen molar-refractivity contribution in [1.29, 1.82) is 5.26 Å². The molecular formula is C22H23N7O. The van der Waals surface area contributed by atoms with Crippen LogP contribution in [0.1, 0.15) is 56.8 Å². The van der Waals surface area contributed by atoms with Gasteiger partial charge in [-0.25, -0.2) is 14.8 Å². The highest BCUT2D eigenvalue weighted by molar-refractivity contribution is 6.15. The number of aromatic amines is 1. The Morgan fingerprint density at radius 2 is 2.07 bits per heavy atom. The summed E-state index contributed by atoms with van der Waals surface area (Å²) < 4.78 is 1.79. The maximum atomic E-state index is 12.7. The third kappa shape index (κ3) is 3.41. The summed E-state index contributed by atoms with van der Waals surface area (Å²) in [4.78, 5) is 34.0. The molecule has 2 bridgehead atoms. The first-order valence-corrected chi connectivity index (χ1v) is 10.5. The molecule has 30 heavy (non-hydrogen) atoms. The Labute approximate surface area is 173 Å². The van der Waals surface area contributed by atoms with Gasteiger partial charge in [0, 0.05) is 36.7 Å². The molecule has 3 aliphatic rings. The number of hydrogen-bond donors (Lipinski definition) is 1. The number of imidazole rings is 1. The SMILES string of the molecule is N#CCC1CCC(n2c(=O)[nH]c3cnc(C4=C5C=NC=CC(CC5)N=C4)nc32)CC1. The number of allylic oxidation sites excluding steroid dienone is 2. The second-order valence-electron chi connectivity index (χ2n) is 8.21. The van der Waals surface area contributed by atoms with Crippen molar-refractivity contribution in [3.8, 4) is 6.07 Å². The minimum atomic E-state index is -0.146. The monoisotopic (exact) mass is 401 g/mol. The lowest BCUT2D eigenvalue weighted by molar-refractivity contribution is 0.277. The lowest BCUT2D eigenvalue weighted by Gasteiger charge is -2.27. The fraction of sp³-hybridized carbons (Fsp3) is 0.455. The Hall–Kier alpha value is -3.34. The van der Waals surface area contributed by atoms with Crippen LogP contribution in [0.4, 0.5) is 0 Å². The van der Waals surface area contributed by atoms with Gasteiger partial charge in [-0.05, 0) is 56.1 Å². The molecule has 1 saturated carbocycles. The minimum absolute atomic E-state index is 0.0948. The van der Waals surface area contributed by atoms with Crippen molar-refractivity contribution in [3.05, 3.63) is 40.4 Å². The number of rotatable bonds is 3. The first-order chi connectivity index (χ1) is 14.7. The molecule has 0 radical (unpaired) electrons.